The molecule has 0 aliphatic carbocycles. The molecule has 3 amide bonds. The number of likely N-dealkylation sites (tertiary alicyclic amines) is 1. The van der Waals surface area contributed by atoms with Gasteiger partial charge >= 0.3 is 0 Å². The quantitative estimate of drug-likeness (QED) is 0.350. The van der Waals surface area contributed by atoms with Crippen molar-refractivity contribution < 1.29 is 19.5 Å². The van der Waals surface area contributed by atoms with Crippen molar-refractivity contribution in [1.29, 1.82) is 0 Å². The van der Waals surface area contributed by atoms with Gasteiger partial charge in [-0.1, -0.05) is 72.8 Å². The third-order valence-corrected chi connectivity index (χ3v) is 11.4. The van der Waals surface area contributed by atoms with Crippen LogP contribution < -0.4 is 0 Å². The Labute approximate surface area is 266 Å². The molecular weight excluding hydrogens is 570 g/mol. The highest BCUT2D eigenvalue weighted by molar-refractivity contribution is 8.02. The number of benzene rings is 2. The molecule has 3 heterocycles. The largest absolute Gasteiger partial charge is 0.394 e. The van der Waals surface area contributed by atoms with Gasteiger partial charge in [0.05, 0.1) is 29.2 Å². The third kappa shape index (κ3) is 5.74. The lowest BCUT2D eigenvalue weighted by atomic mass is 9.70. The van der Waals surface area contributed by atoms with E-state index in [1.807, 2.05) is 81.4 Å². The van der Waals surface area contributed by atoms with Crippen molar-refractivity contribution in [1.82, 2.24) is 14.7 Å². The van der Waals surface area contributed by atoms with Gasteiger partial charge in [0, 0.05) is 30.4 Å². The van der Waals surface area contributed by atoms with E-state index in [1.165, 1.54) is 0 Å². The number of hydrogen-bond donors (Lipinski definition) is 1. The van der Waals surface area contributed by atoms with Crippen LogP contribution in [0.4, 0.5) is 0 Å². The second-order valence-corrected chi connectivity index (χ2v) is 14.8. The van der Waals surface area contributed by atoms with Crippen LogP contribution in [-0.4, -0.2) is 84.8 Å². The molecule has 3 saturated heterocycles. The Bertz CT molecular complexity index is 1380. The van der Waals surface area contributed by atoms with Crippen molar-refractivity contribution in [3.63, 3.8) is 0 Å². The lowest BCUT2D eigenvalue weighted by molar-refractivity contribution is -0.148. The first-order chi connectivity index (χ1) is 21.1. The Balaban J connectivity index is 1.57. The number of rotatable bonds is 12. The van der Waals surface area contributed by atoms with Gasteiger partial charge in [-0.25, -0.2) is 0 Å². The highest BCUT2D eigenvalue weighted by Crippen LogP contribution is 2.67. The van der Waals surface area contributed by atoms with Crippen LogP contribution >= 0.6 is 11.8 Å². The number of fused-ring (bicyclic) bond motifs is 1. The van der Waals surface area contributed by atoms with Crippen LogP contribution in [0.15, 0.2) is 86.0 Å². The highest BCUT2D eigenvalue weighted by Gasteiger charge is 2.74. The number of carbonyl (C=O) groups excluding carboxylic acids is 3. The zero-order valence-corrected chi connectivity index (χ0v) is 26.9. The van der Waals surface area contributed by atoms with Crippen LogP contribution in [0, 0.1) is 11.8 Å². The van der Waals surface area contributed by atoms with Crippen molar-refractivity contribution >= 4 is 29.5 Å². The lowest BCUT2D eigenvalue weighted by Gasteiger charge is -2.43. The Kier molecular flexibility index (Phi) is 9.42. The summed E-state index contributed by atoms with van der Waals surface area (Å²) in [5.41, 5.74) is 1.47. The molecule has 0 aromatic heterocycles. The first-order valence-corrected chi connectivity index (χ1v) is 16.5. The highest BCUT2D eigenvalue weighted by atomic mass is 32.2. The summed E-state index contributed by atoms with van der Waals surface area (Å²) >= 11 is 1.66. The minimum Gasteiger partial charge on any atom is -0.394 e. The Morgan fingerprint density at radius 3 is 2.20 bits per heavy atom. The summed E-state index contributed by atoms with van der Waals surface area (Å²) in [5, 5.41) is 10.7. The molecule has 5 rings (SSSR count). The molecule has 1 N–H and O–H groups in total. The van der Waals surface area contributed by atoms with E-state index < -0.39 is 34.2 Å². The van der Waals surface area contributed by atoms with E-state index in [0.717, 1.165) is 17.5 Å². The number of thioether (sulfide) groups is 1. The molecule has 1 spiro atoms. The number of aliphatic hydroxyl groups is 1. The van der Waals surface area contributed by atoms with E-state index >= 15 is 0 Å². The summed E-state index contributed by atoms with van der Waals surface area (Å²) in [4.78, 5) is 49.3. The summed E-state index contributed by atoms with van der Waals surface area (Å²) in [7, 11) is 0. The first-order valence-electron chi connectivity index (χ1n) is 15.6. The SMILES string of the molecule is C=CCN(Cc1ccccc1)C(=O)[C@@H]1[C@H]2C(=O)N([C@@H](CO)Cc3ccccc3)C(C(=O)N(CC=C)C(C)(C)C)C23CC[C@H]1S3. The molecule has 2 bridgehead atoms. The van der Waals surface area contributed by atoms with E-state index in [2.05, 4.69) is 13.2 Å². The molecule has 7 nitrogen and oxygen atoms in total. The maximum Gasteiger partial charge on any atom is 0.247 e. The van der Waals surface area contributed by atoms with E-state index in [0.29, 0.717) is 32.5 Å². The van der Waals surface area contributed by atoms with Gasteiger partial charge in [0.25, 0.3) is 0 Å². The monoisotopic (exact) mass is 615 g/mol. The van der Waals surface area contributed by atoms with Gasteiger partial charge in [-0.3, -0.25) is 14.4 Å². The molecule has 234 valence electrons. The summed E-state index contributed by atoms with van der Waals surface area (Å²) in [6.07, 6.45) is 5.29. The van der Waals surface area contributed by atoms with Crippen LogP contribution in [0.25, 0.3) is 0 Å². The van der Waals surface area contributed by atoms with Gasteiger partial charge in [0.15, 0.2) is 0 Å². The van der Waals surface area contributed by atoms with Crippen LogP contribution in [-0.2, 0) is 27.3 Å². The fraction of sp³-hybridized carbons (Fsp3) is 0.472. The first kappa shape index (κ1) is 32.0. The molecule has 0 saturated carbocycles. The van der Waals surface area contributed by atoms with Crippen molar-refractivity contribution in [3.8, 4) is 0 Å². The van der Waals surface area contributed by atoms with Crippen LogP contribution in [0.3, 0.4) is 0 Å². The molecular formula is C36H45N3O4S. The average molecular weight is 616 g/mol. The van der Waals surface area contributed by atoms with Crippen molar-refractivity contribution in [3.05, 3.63) is 97.1 Å². The van der Waals surface area contributed by atoms with Gasteiger partial charge in [0.1, 0.15) is 6.04 Å². The number of amides is 3. The summed E-state index contributed by atoms with van der Waals surface area (Å²) in [5.74, 6) is -1.61. The maximum absolute atomic E-state index is 14.8. The van der Waals surface area contributed by atoms with Crippen LogP contribution in [0.2, 0.25) is 0 Å². The van der Waals surface area contributed by atoms with Gasteiger partial charge < -0.3 is 19.8 Å². The maximum atomic E-state index is 14.8. The van der Waals surface area contributed by atoms with Gasteiger partial charge in [-0.2, -0.15) is 0 Å². The zero-order valence-electron chi connectivity index (χ0n) is 26.1. The molecule has 2 aromatic rings. The minimum absolute atomic E-state index is 0.0545. The predicted molar refractivity (Wildman–Crippen MR) is 176 cm³/mol. The standard InChI is InChI=1S/C36H45N3O4S/c1-6-20-37(23-26-16-12-9-13-17-26)32(41)29-28-18-19-36(44-28)30(29)33(42)39(27(24-40)22-25-14-10-8-11-15-25)31(36)34(43)38(21-7-2)35(3,4)5/h6-17,27-31,40H,1-2,18-24H2,3-5H3/t27-,28-,29+,30+,31?,36?/m1/s1. The molecule has 6 atom stereocenters. The minimum atomic E-state index is -0.796. The van der Waals surface area contributed by atoms with Gasteiger partial charge in [-0.15, -0.1) is 24.9 Å². The molecule has 3 aliphatic heterocycles. The smallest absolute Gasteiger partial charge is 0.247 e. The molecule has 2 unspecified atom stereocenters. The van der Waals surface area contributed by atoms with Crippen molar-refractivity contribution in [2.75, 3.05) is 19.7 Å². The second kappa shape index (κ2) is 12.9. The van der Waals surface area contributed by atoms with Crippen molar-refractivity contribution in [2.24, 2.45) is 11.8 Å². The van der Waals surface area contributed by atoms with E-state index in [9.17, 15) is 19.5 Å². The number of hydrogen-bond acceptors (Lipinski definition) is 5. The van der Waals surface area contributed by atoms with Gasteiger partial charge in [0.2, 0.25) is 17.7 Å². The number of carbonyl (C=O) groups is 3. The molecule has 8 heteroatoms. The number of aliphatic hydroxyl groups excluding tert-OH is 1. The van der Waals surface area contributed by atoms with Crippen LogP contribution in [0.5, 0.6) is 0 Å². The van der Waals surface area contributed by atoms with Crippen LogP contribution in [0.1, 0.15) is 44.7 Å². The Morgan fingerprint density at radius 1 is 1.02 bits per heavy atom. The fourth-order valence-electron chi connectivity index (χ4n) is 7.56. The molecule has 3 fully saturated rings. The topological polar surface area (TPSA) is 81.2 Å². The predicted octanol–water partition coefficient (Wildman–Crippen LogP) is 4.71. The van der Waals surface area contributed by atoms with E-state index in [-0.39, 0.29) is 29.6 Å². The fourth-order valence-corrected chi connectivity index (χ4v) is 9.75. The average Bonchev–Trinajstić information content (AvgIpc) is 3.65. The summed E-state index contributed by atoms with van der Waals surface area (Å²) < 4.78 is -0.749. The Morgan fingerprint density at radius 2 is 1.64 bits per heavy atom. The molecule has 2 aromatic carbocycles. The molecule has 0 radical (unpaired) electrons. The van der Waals surface area contributed by atoms with Crippen molar-refractivity contribution in [2.45, 2.75) is 74.2 Å². The molecule has 44 heavy (non-hydrogen) atoms. The summed E-state index contributed by atoms with van der Waals surface area (Å²) in [6.45, 7) is 14.6. The second-order valence-electron chi connectivity index (χ2n) is 13.2. The lowest BCUT2D eigenvalue weighted by Crippen LogP contribution is -2.61. The molecule has 3 aliphatic rings. The van der Waals surface area contributed by atoms with Gasteiger partial charge in [-0.05, 0) is 51.2 Å². The Hall–Kier alpha value is -3.36. The third-order valence-electron chi connectivity index (χ3n) is 9.44. The normalized spacial score (nSPS) is 26.3. The summed E-state index contributed by atoms with van der Waals surface area (Å²) in [6, 6.07) is 18.2. The van der Waals surface area contributed by atoms with E-state index in [4.69, 9.17) is 0 Å². The number of nitrogens with zero attached hydrogens (tertiary/aromatic N) is 3. The van der Waals surface area contributed by atoms with E-state index in [1.54, 1.807) is 38.6 Å². The zero-order chi connectivity index (χ0) is 31.6.